The highest BCUT2D eigenvalue weighted by Gasteiger charge is 2.37. The fourth-order valence-corrected chi connectivity index (χ4v) is 4.57. The van der Waals surface area contributed by atoms with E-state index in [1.165, 1.54) is 7.11 Å². The molecule has 0 unspecified atom stereocenters. The molecule has 3 N–H and O–H groups in total. The summed E-state index contributed by atoms with van der Waals surface area (Å²) in [7, 11) is 1.50. The summed E-state index contributed by atoms with van der Waals surface area (Å²) in [5.41, 5.74) is 1.78. The summed E-state index contributed by atoms with van der Waals surface area (Å²) in [5.74, 6) is -0.758. The van der Waals surface area contributed by atoms with Crippen LogP contribution in [0.15, 0.2) is 64.0 Å². The minimum Gasteiger partial charge on any atom is -0.402 e. The van der Waals surface area contributed by atoms with Gasteiger partial charge in [-0.25, -0.2) is 9.98 Å². The number of para-hydroxylation sites is 1. The van der Waals surface area contributed by atoms with E-state index in [0.29, 0.717) is 22.7 Å². The van der Waals surface area contributed by atoms with Crippen molar-refractivity contribution in [2.75, 3.05) is 29.6 Å². The Morgan fingerprint density at radius 2 is 1.80 bits per heavy atom. The third-order valence-corrected chi connectivity index (χ3v) is 7.04. The van der Waals surface area contributed by atoms with Crippen molar-refractivity contribution in [1.82, 2.24) is 15.2 Å². The highest BCUT2D eigenvalue weighted by atomic mass is 32.1. The Labute approximate surface area is 230 Å². The van der Waals surface area contributed by atoms with Crippen LogP contribution in [0.4, 0.5) is 29.9 Å². The number of alkyl halides is 3. The van der Waals surface area contributed by atoms with Gasteiger partial charge in [-0.05, 0) is 19.9 Å². The number of halogens is 3. The normalized spacial score (nSPS) is 15.6. The molecule has 4 aromatic rings. The first-order valence-electron chi connectivity index (χ1n) is 12.0. The largest absolute Gasteiger partial charge is 0.443 e. The lowest BCUT2D eigenvalue weighted by molar-refractivity contribution is -0.137. The zero-order valence-corrected chi connectivity index (χ0v) is 22.4. The number of carbonyl (C=O) groups excluding carboxylic acids is 1. The van der Waals surface area contributed by atoms with Gasteiger partial charge in [0.1, 0.15) is 5.00 Å². The Hall–Kier alpha value is -4.30. The summed E-state index contributed by atoms with van der Waals surface area (Å²) in [6, 6.07) is 16.3. The number of anilines is 3. The number of thiazole rings is 1. The van der Waals surface area contributed by atoms with Crippen molar-refractivity contribution in [1.29, 1.82) is 0 Å². The van der Waals surface area contributed by atoms with Gasteiger partial charge < -0.3 is 25.1 Å². The third kappa shape index (κ3) is 5.82. The van der Waals surface area contributed by atoms with E-state index in [-0.39, 0.29) is 29.1 Å². The molecule has 3 heterocycles. The molecule has 0 fully saturated rings. The van der Waals surface area contributed by atoms with E-state index in [9.17, 15) is 18.0 Å². The van der Waals surface area contributed by atoms with Crippen molar-refractivity contribution >= 4 is 39.7 Å². The molecule has 2 aromatic carbocycles. The van der Waals surface area contributed by atoms with E-state index in [1.54, 1.807) is 26.0 Å². The number of hydrogen-bond donors (Lipinski definition) is 3. The summed E-state index contributed by atoms with van der Waals surface area (Å²) < 4.78 is 51.4. The molecule has 0 saturated carbocycles. The third-order valence-electron chi connectivity index (χ3n) is 5.98. The molecule has 5 rings (SSSR count). The van der Waals surface area contributed by atoms with Gasteiger partial charge in [-0.3, -0.25) is 4.79 Å². The van der Waals surface area contributed by atoms with Crippen molar-refractivity contribution in [3.8, 4) is 11.6 Å². The quantitative estimate of drug-likeness (QED) is 0.261. The van der Waals surface area contributed by atoms with Crippen LogP contribution < -0.4 is 16.0 Å². The van der Waals surface area contributed by atoms with Gasteiger partial charge in [0.2, 0.25) is 11.2 Å². The van der Waals surface area contributed by atoms with Gasteiger partial charge >= 0.3 is 12.2 Å². The van der Waals surface area contributed by atoms with E-state index < -0.39 is 28.9 Å². The van der Waals surface area contributed by atoms with Gasteiger partial charge in [0.05, 0.1) is 17.0 Å². The molecule has 14 heteroatoms. The van der Waals surface area contributed by atoms with Crippen LogP contribution in [-0.4, -0.2) is 52.2 Å². The molecule has 0 aliphatic carbocycles. The number of aliphatic imine (C=N–C) groups is 1. The van der Waals surface area contributed by atoms with Gasteiger partial charge in [0, 0.05) is 24.8 Å². The minimum atomic E-state index is -4.67. The Morgan fingerprint density at radius 1 is 1.07 bits per heavy atom. The number of amides is 1. The molecule has 1 atom stereocenters. The Bertz CT molecular complexity index is 1550. The monoisotopic (exact) mass is 571 g/mol. The molecule has 10 nitrogen and oxygen atoms in total. The number of ether oxygens (including phenoxy) is 1. The summed E-state index contributed by atoms with van der Waals surface area (Å²) in [5, 5.41) is 15.3. The van der Waals surface area contributed by atoms with Crippen LogP contribution in [0.5, 0.6) is 0 Å². The van der Waals surface area contributed by atoms with Crippen molar-refractivity contribution in [2.45, 2.75) is 31.8 Å². The zero-order chi connectivity index (χ0) is 28.5. The average molecular weight is 572 g/mol. The summed E-state index contributed by atoms with van der Waals surface area (Å²) >= 11 is 0.414. The smallest absolute Gasteiger partial charge is 0.402 e. The highest BCUT2D eigenvalue weighted by Crippen LogP contribution is 2.41. The van der Waals surface area contributed by atoms with E-state index in [4.69, 9.17) is 9.15 Å². The Balaban J connectivity index is 1.46. The molecule has 0 spiro atoms. The van der Waals surface area contributed by atoms with Gasteiger partial charge in [0.15, 0.2) is 5.69 Å². The number of rotatable bonds is 8. The van der Waals surface area contributed by atoms with Gasteiger partial charge in [-0.1, -0.05) is 65.0 Å². The maximum atomic E-state index is 13.5. The van der Waals surface area contributed by atoms with Crippen molar-refractivity contribution < 1.29 is 27.1 Å². The lowest BCUT2D eigenvalue weighted by Gasteiger charge is -2.23. The number of aromatic nitrogens is 3. The van der Waals surface area contributed by atoms with Gasteiger partial charge in [-0.2, -0.15) is 13.2 Å². The predicted octanol–water partition coefficient (Wildman–Crippen LogP) is 5.28. The molecule has 0 bridgehead atoms. The Morgan fingerprint density at radius 3 is 2.52 bits per heavy atom. The average Bonchev–Trinajstić information content (AvgIpc) is 3.55. The zero-order valence-electron chi connectivity index (χ0n) is 21.5. The van der Waals surface area contributed by atoms with Crippen LogP contribution in [0.3, 0.4) is 0 Å². The maximum Gasteiger partial charge on any atom is 0.443 e. The fraction of sp³-hybridized carbons (Fsp3) is 0.269. The molecule has 208 valence electrons. The van der Waals surface area contributed by atoms with Crippen molar-refractivity contribution in [2.24, 2.45) is 4.99 Å². The van der Waals surface area contributed by atoms with Crippen LogP contribution in [0.2, 0.25) is 0 Å². The van der Waals surface area contributed by atoms with Gasteiger partial charge in [-0.15, -0.1) is 5.10 Å². The first kappa shape index (κ1) is 27.3. The standard InChI is InChI=1S/C26H24F3N7O3S/c1-25(2,38-3)13-30-22-18(33-23(40-22)26(27,28)29)21-35-36-24(39-21)34-19-20(37)31-16-12-8-7-11-15(16)17(32-19)14-9-5-4-6-10-14/h4-12,19,30H,13H2,1-3H3,(H,31,37)(H,34,36)/t19-/m1/s1. The predicted molar refractivity (Wildman–Crippen MR) is 145 cm³/mol. The van der Waals surface area contributed by atoms with Crippen LogP contribution >= 0.6 is 11.3 Å². The summed E-state index contributed by atoms with van der Waals surface area (Å²) in [6.45, 7) is 3.75. The van der Waals surface area contributed by atoms with E-state index in [1.807, 2.05) is 42.5 Å². The topological polar surface area (TPSA) is 127 Å². The molecule has 1 aliphatic rings. The number of fused-ring (bicyclic) bond motifs is 1. The first-order chi connectivity index (χ1) is 19.0. The fourth-order valence-electron chi connectivity index (χ4n) is 3.75. The summed E-state index contributed by atoms with van der Waals surface area (Å²) in [6.07, 6.45) is -5.86. The number of hydrogen-bond acceptors (Lipinski definition) is 10. The molecular formula is C26H24F3N7O3S. The number of carbonyl (C=O) groups is 1. The van der Waals surface area contributed by atoms with Crippen LogP contribution in [0.1, 0.15) is 30.0 Å². The van der Waals surface area contributed by atoms with E-state index in [2.05, 4.69) is 36.1 Å². The summed E-state index contributed by atoms with van der Waals surface area (Å²) in [4.78, 5) is 21.4. The second-order valence-electron chi connectivity index (χ2n) is 9.35. The second-order valence-corrected chi connectivity index (χ2v) is 10.3. The SMILES string of the molecule is COC(C)(C)CNc1sc(C(F)(F)F)nc1-c1nnc(N[C@H]2N=C(c3ccccc3)c3ccccc3NC2=O)o1. The minimum absolute atomic E-state index is 0.0830. The number of benzene rings is 2. The Kier molecular flexibility index (Phi) is 7.29. The molecular weight excluding hydrogens is 547 g/mol. The molecule has 0 saturated heterocycles. The number of methoxy groups -OCH3 is 1. The molecule has 0 radical (unpaired) electrons. The molecule has 1 aliphatic heterocycles. The molecule has 40 heavy (non-hydrogen) atoms. The molecule has 1 amide bonds. The first-order valence-corrected chi connectivity index (χ1v) is 12.9. The lowest BCUT2D eigenvalue weighted by Crippen LogP contribution is -2.32. The lowest BCUT2D eigenvalue weighted by atomic mass is 10.0. The van der Waals surface area contributed by atoms with Crippen LogP contribution in [0, 0.1) is 0 Å². The van der Waals surface area contributed by atoms with E-state index in [0.717, 1.165) is 11.1 Å². The second kappa shape index (κ2) is 10.7. The maximum absolute atomic E-state index is 13.5. The van der Waals surface area contributed by atoms with Gasteiger partial charge in [0.25, 0.3) is 11.8 Å². The number of nitrogens with one attached hydrogen (secondary N) is 3. The van der Waals surface area contributed by atoms with Crippen LogP contribution in [-0.2, 0) is 15.7 Å². The number of nitrogens with zero attached hydrogens (tertiary/aromatic N) is 4. The highest BCUT2D eigenvalue weighted by molar-refractivity contribution is 7.16. The van der Waals surface area contributed by atoms with E-state index >= 15 is 0 Å². The van der Waals surface area contributed by atoms with Crippen LogP contribution in [0.25, 0.3) is 11.6 Å². The molecule has 2 aromatic heterocycles. The number of benzodiazepines with no additional fused rings is 1. The van der Waals surface area contributed by atoms with Crippen molar-refractivity contribution in [3.63, 3.8) is 0 Å². The van der Waals surface area contributed by atoms with Crippen molar-refractivity contribution in [3.05, 3.63) is 70.7 Å².